The number of benzene rings is 2. The third-order valence-corrected chi connectivity index (χ3v) is 3.35. The van der Waals surface area contributed by atoms with Gasteiger partial charge in [-0.15, -0.1) is 0 Å². The number of ether oxygens (including phenoxy) is 3. The highest BCUT2D eigenvalue weighted by atomic mass is 16.5. The van der Waals surface area contributed by atoms with Gasteiger partial charge in [0.25, 0.3) is 5.91 Å². The molecule has 0 spiro atoms. The van der Waals surface area contributed by atoms with E-state index >= 15 is 0 Å². The number of esters is 1. The fraction of sp³-hybridized carbons (Fsp3) is 0.250. The van der Waals surface area contributed by atoms with Gasteiger partial charge in [0.05, 0.1) is 12.5 Å². The Hall–Kier alpha value is -3.53. The van der Waals surface area contributed by atoms with E-state index in [9.17, 15) is 9.59 Å². The van der Waals surface area contributed by atoms with Crippen LogP contribution in [0.1, 0.15) is 16.8 Å². The van der Waals surface area contributed by atoms with Gasteiger partial charge in [0.2, 0.25) is 0 Å². The highest BCUT2D eigenvalue weighted by Gasteiger charge is 2.15. The predicted octanol–water partition coefficient (Wildman–Crippen LogP) is 2.33. The minimum Gasteiger partial charge on any atom is -0.490 e. The Kier molecular flexibility index (Phi) is 8.18. The van der Waals surface area contributed by atoms with Crippen molar-refractivity contribution in [2.24, 2.45) is 0 Å². The smallest absolute Gasteiger partial charge is 0.342 e. The van der Waals surface area contributed by atoms with Crippen LogP contribution in [0.15, 0.2) is 54.6 Å². The Balaban J connectivity index is 1.80. The molecule has 1 N–H and O–H groups in total. The lowest BCUT2D eigenvalue weighted by Gasteiger charge is -2.12. The van der Waals surface area contributed by atoms with Crippen molar-refractivity contribution in [1.29, 1.82) is 5.26 Å². The van der Waals surface area contributed by atoms with Gasteiger partial charge in [0.1, 0.15) is 30.3 Å². The number of nitrogens with zero attached hydrogens (tertiary/aromatic N) is 1. The lowest BCUT2D eigenvalue weighted by Crippen LogP contribution is -2.29. The summed E-state index contributed by atoms with van der Waals surface area (Å²) in [6, 6.07) is 17.8. The number of rotatable bonds is 10. The van der Waals surface area contributed by atoms with E-state index in [2.05, 4.69) is 5.32 Å². The van der Waals surface area contributed by atoms with E-state index in [0.717, 1.165) is 5.75 Å². The molecule has 0 aliphatic carbocycles. The maximum Gasteiger partial charge on any atom is 0.342 e. The maximum absolute atomic E-state index is 12.2. The van der Waals surface area contributed by atoms with Crippen LogP contribution in [0.4, 0.5) is 0 Å². The normalized spacial score (nSPS) is 9.74. The van der Waals surface area contributed by atoms with Crippen LogP contribution in [-0.4, -0.2) is 38.2 Å². The van der Waals surface area contributed by atoms with Crippen LogP contribution < -0.4 is 14.8 Å². The zero-order chi connectivity index (χ0) is 19.3. The van der Waals surface area contributed by atoms with E-state index in [0.29, 0.717) is 12.4 Å². The van der Waals surface area contributed by atoms with Gasteiger partial charge in [0.15, 0.2) is 6.61 Å². The van der Waals surface area contributed by atoms with Crippen LogP contribution in [0.25, 0.3) is 0 Å². The predicted molar refractivity (Wildman–Crippen MR) is 97.4 cm³/mol. The Bertz CT molecular complexity index is 786. The first-order chi connectivity index (χ1) is 13.2. The quantitative estimate of drug-likeness (QED) is 0.511. The molecule has 0 heterocycles. The molecule has 7 nitrogen and oxygen atoms in total. The van der Waals surface area contributed by atoms with Crippen LogP contribution in [0.5, 0.6) is 11.5 Å². The first-order valence-corrected chi connectivity index (χ1v) is 8.41. The van der Waals surface area contributed by atoms with Crippen molar-refractivity contribution in [2.45, 2.75) is 6.42 Å². The molecule has 0 saturated heterocycles. The summed E-state index contributed by atoms with van der Waals surface area (Å²) in [5.41, 5.74) is 0.224. The molecule has 0 bridgehead atoms. The van der Waals surface area contributed by atoms with Crippen LogP contribution in [-0.2, 0) is 9.53 Å². The molecule has 7 heteroatoms. The Labute approximate surface area is 157 Å². The Morgan fingerprint density at radius 3 is 2.44 bits per heavy atom. The number of para-hydroxylation sites is 2. The van der Waals surface area contributed by atoms with Crippen LogP contribution >= 0.6 is 0 Å². The highest BCUT2D eigenvalue weighted by molar-refractivity contribution is 5.93. The van der Waals surface area contributed by atoms with E-state index in [4.69, 9.17) is 19.5 Å². The summed E-state index contributed by atoms with van der Waals surface area (Å²) in [6.45, 7) is 0.353. The summed E-state index contributed by atoms with van der Waals surface area (Å²) in [7, 11) is 0. The number of hydrogen-bond acceptors (Lipinski definition) is 6. The minimum absolute atomic E-state index is 0.196. The van der Waals surface area contributed by atoms with E-state index in [-0.39, 0.29) is 25.1 Å². The van der Waals surface area contributed by atoms with E-state index in [1.165, 1.54) is 0 Å². The molecular formula is C20H20N2O5. The molecule has 2 aromatic rings. The van der Waals surface area contributed by atoms with Crippen molar-refractivity contribution in [1.82, 2.24) is 5.32 Å². The van der Waals surface area contributed by atoms with Gasteiger partial charge >= 0.3 is 5.97 Å². The molecule has 0 radical (unpaired) electrons. The molecular weight excluding hydrogens is 348 g/mol. The maximum atomic E-state index is 12.2. The van der Waals surface area contributed by atoms with Crippen molar-refractivity contribution >= 4 is 11.9 Å². The standard InChI is InChI=1S/C20H20N2O5/c21-11-6-12-22-19(23)15-27-20(24)17-9-4-5-10-18(17)26-14-13-25-16-7-2-1-3-8-16/h1-5,7-10H,6,12-15H2,(H,22,23). The van der Waals surface area contributed by atoms with Gasteiger partial charge in [-0.25, -0.2) is 4.79 Å². The average molecular weight is 368 g/mol. The summed E-state index contributed by atoms with van der Waals surface area (Å²) < 4.78 is 16.1. The third-order valence-electron chi connectivity index (χ3n) is 3.35. The monoisotopic (exact) mass is 368 g/mol. The number of carbonyl (C=O) groups excluding carboxylic acids is 2. The van der Waals surface area contributed by atoms with Crippen LogP contribution in [0.3, 0.4) is 0 Å². The number of amides is 1. The summed E-state index contributed by atoms with van der Waals surface area (Å²) >= 11 is 0. The van der Waals surface area contributed by atoms with Crippen LogP contribution in [0.2, 0.25) is 0 Å². The van der Waals surface area contributed by atoms with Gasteiger partial charge in [-0.05, 0) is 24.3 Å². The number of hydrogen-bond donors (Lipinski definition) is 1. The summed E-state index contributed by atoms with van der Waals surface area (Å²) in [5, 5.41) is 10.9. The zero-order valence-corrected chi connectivity index (χ0v) is 14.7. The lowest BCUT2D eigenvalue weighted by molar-refractivity contribution is -0.124. The highest BCUT2D eigenvalue weighted by Crippen LogP contribution is 2.19. The number of nitriles is 1. The van der Waals surface area contributed by atoms with Crippen molar-refractivity contribution in [2.75, 3.05) is 26.4 Å². The number of nitrogens with one attached hydrogen (secondary N) is 1. The van der Waals surface area contributed by atoms with Crippen molar-refractivity contribution in [3.63, 3.8) is 0 Å². The van der Waals surface area contributed by atoms with Crippen molar-refractivity contribution in [3.05, 3.63) is 60.2 Å². The second-order valence-corrected chi connectivity index (χ2v) is 5.34. The Morgan fingerprint density at radius 1 is 0.963 bits per heavy atom. The van der Waals surface area contributed by atoms with Gasteiger partial charge < -0.3 is 19.5 Å². The molecule has 0 aliphatic rings. The molecule has 0 aliphatic heterocycles. The van der Waals surface area contributed by atoms with Gasteiger partial charge in [-0.3, -0.25) is 4.79 Å². The zero-order valence-electron chi connectivity index (χ0n) is 14.7. The molecule has 0 unspecified atom stereocenters. The fourth-order valence-electron chi connectivity index (χ4n) is 2.11. The first kappa shape index (κ1) is 19.8. The second-order valence-electron chi connectivity index (χ2n) is 5.34. The van der Waals surface area contributed by atoms with E-state index < -0.39 is 18.5 Å². The average Bonchev–Trinajstić information content (AvgIpc) is 2.71. The fourth-order valence-corrected chi connectivity index (χ4v) is 2.11. The SMILES string of the molecule is N#CCCNC(=O)COC(=O)c1ccccc1OCCOc1ccccc1. The summed E-state index contributed by atoms with van der Waals surface area (Å²) in [4.78, 5) is 23.7. The topological polar surface area (TPSA) is 97.7 Å². The molecule has 2 aromatic carbocycles. The molecule has 140 valence electrons. The largest absolute Gasteiger partial charge is 0.490 e. The second kappa shape index (κ2) is 11.2. The molecule has 27 heavy (non-hydrogen) atoms. The van der Waals surface area contributed by atoms with Gasteiger partial charge in [0, 0.05) is 6.54 Å². The molecule has 0 atom stereocenters. The van der Waals surface area contributed by atoms with E-state index in [1.807, 2.05) is 36.4 Å². The minimum atomic E-state index is -0.662. The van der Waals surface area contributed by atoms with Gasteiger partial charge in [-0.2, -0.15) is 5.26 Å². The molecule has 0 fully saturated rings. The molecule has 0 aromatic heterocycles. The lowest BCUT2D eigenvalue weighted by atomic mass is 10.2. The third kappa shape index (κ3) is 7.08. The molecule has 2 rings (SSSR count). The first-order valence-electron chi connectivity index (χ1n) is 8.41. The summed E-state index contributed by atoms with van der Waals surface area (Å²) in [5.74, 6) is -0.0430. The van der Waals surface area contributed by atoms with Crippen molar-refractivity contribution in [3.8, 4) is 17.6 Å². The van der Waals surface area contributed by atoms with Crippen molar-refractivity contribution < 1.29 is 23.8 Å². The molecule has 1 amide bonds. The van der Waals surface area contributed by atoms with E-state index in [1.54, 1.807) is 24.3 Å². The Morgan fingerprint density at radius 2 is 1.67 bits per heavy atom. The van der Waals surface area contributed by atoms with Crippen LogP contribution in [0, 0.1) is 11.3 Å². The van der Waals surface area contributed by atoms with Gasteiger partial charge in [-0.1, -0.05) is 30.3 Å². The number of carbonyl (C=O) groups is 2. The molecule has 0 saturated carbocycles. The summed E-state index contributed by atoms with van der Waals surface area (Å²) in [6.07, 6.45) is 0.196.